The molecule has 0 radical (unpaired) electrons. The van der Waals surface area contributed by atoms with E-state index in [1.165, 1.54) is 12.8 Å². The lowest BCUT2D eigenvalue weighted by molar-refractivity contribution is 0.179. The van der Waals surface area contributed by atoms with Gasteiger partial charge in [-0.05, 0) is 26.2 Å². The molecule has 7 nitrogen and oxygen atoms in total. The molecule has 0 spiro atoms. The molecule has 3 rings (SSSR count). The minimum Gasteiger partial charge on any atom is -0.385 e. The molecule has 0 amide bonds. The Bertz CT molecular complexity index is 564. The Hall–Kier alpha value is -1.76. The Kier molecular flexibility index (Phi) is 3.29. The Balaban J connectivity index is 1.89. The van der Waals surface area contributed by atoms with E-state index < -0.39 is 0 Å². The maximum atomic E-state index is 5.10. The molecule has 0 bridgehead atoms. The summed E-state index contributed by atoms with van der Waals surface area (Å²) in [6.45, 7) is 2.78. The van der Waals surface area contributed by atoms with Crippen LogP contribution >= 0.6 is 0 Å². The number of nitrogens with zero attached hydrogens (tertiary/aromatic N) is 5. The molecule has 2 heterocycles. The summed E-state index contributed by atoms with van der Waals surface area (Å²) in [5.74, 6) is 0.790. The Morgan fingerprint density at radius 1 is 1.47 bits per heavy atom. The summed E-state index contributed by atoms with van der Waals surface area (Å²) in [5.41, 5.74) is 1.53. The van der Waals surface area contributed by atoms with Gasteiger partial charge in [-0.25, -0.2) is 14.6 Å². The third-order valence-corrected chi connectivity index (χ3v) is 3.34. The highest BCUT2D eigenvalue weighted by molar-refractivity contribution is 5.82. The number of methoxy groups -OCH3 is 1. The minimum absolute atomic E-state index is 0.202. The quantitative estimate of drug-likeness (QED) is 0.847. The van der Waals surface area contributed by atoms with Gasteiger partial charge >= 0.3 is 0 Å². The van der Waals surface area contributed by atoms with Crippen LogP contribution in [0.15, 0.2) is 6.33 Å². The van der Waals surface area contributed by atoms with Gasteiger partial charge in [0.05, 0.1) is 6.04 Å². The summed E-state index contributed by atoms with van der Waals surface area (Å²) < 4.78 is 6.94. The normalized spacial score (nSPS) is 16.7. The van der Waals surface area contributed by atoms with Crippen LogP contribution in [0, 0.1) is 0 Å². The SMILES string of the molecule is COCCC(C)n1nnc2c(NC3CC3)ncnc21. The molecule has 0 saturated heterocycles. The predicted octanol–water partition coefficient (Wildman–Crippen LogP) is 1.39. The number of nitrogens with one attached hydrogen (secondary N) is 1. The molecule has 1 atom stereocenters. The maximum Gasteiger partial charge on any atom is 0.184 e. The molecular formula is C12H18N6O. The van der Waals surface area contributed by atoms with E-state index in [0.717, 1.165) is 23.4 Å². The topological polar surface area (TPSA) is 77.8 Å². The van der Waals surface area contributed by atoms with Gasteiger partial charge < -0.3 is 10.1 Å². The molecule has 0 aliphatic heterocycles. The van der Waals surface area contributed by atoms with Gasteiger partial charge in [0.2, 0.25) is 0 Å². The Labute approximate surface area is 111 Å². The summed E-state index contributed by atoms with van der Waals surface area (Å²) in [6.07, 6.45) is 4.84. The second kappa shape index (κ2) is 5.08. The third kappa shape index (κ3) is 2.51. The van der Waals surface area contributed by atoms with Crippen LogP contribution in [-0.4, -0.2) is 44.7 Å². The van der Waals surface area contributed by atoms with Gasteiger partial charge in [0.25, 0.3) is 0 Å². The number of aromatic nitrogens is 5. The van der Waals surface area contributed by atoms with Gasteiger partial charge in [-0.3, -0.25) is 0 Å². The first-order valence-electron chi connectivity index (χ1n) is 6.61. The lowest BCUT2D eigenvalue weighted by Crippen LogP contribution is -2.10. The standard InChI is InChI=1S/C12H18N6O/c1-8(5-6-19-2)18-12-10(16-17-18)11(13-7-14-12)15-9-3-4-9/h7-9H,3-6H2,1-2H3,(H,13,14,15). The summed E-state index contributed by atoms with van der Waals surface area (Å²) in [5, 5.41) is 11.8. The largest absolute Gasteiger partial charge is 0.385 e. The highest BCUT2D eigenvalue weighted by atomic mass is 16.5. The van der Waals surface area contributed by atoms with Crippen LogP contribution in [0.4, 0.5) is 5.82 Å². The van der Waals surface area contributed by atoms with Gasteiger partial charge in [-0.2, -0.15) is 0 Å². The molecule has 1 aliphatic carbocycles. The van der Waals surface area contributed by atoms with Crippen LogP contribution in [0.1, 0.15) is 32.2 Å². The smallest absolute Gasteiger partial charge is 0.184 e. The fraction of sp³-hybridized carbons (Fsp3) is 0.667. The van der Waals surface area contributed by atoms with Crippen molar-refractivity contribution in [3.05, 3.63) is 6.33 Å². The molecule has 19 heavy (non-hydrogen) atoms. The number of rotatable bonds is 6. The van der Waals surface area contributed by atoms with E-state index in [4.69, 9.17) is 4.74 Å². The van der Waals surface area contributed by atoms with Crippen molar-refractivity contribution < 1.29 is 4.74 Å². The molecular weight excluding hydrogens is 244 g/mol. The summed E-state index contributed by atoms with van der Waals surface area (Å²) in [7, 11) is 1.70. The van der Waals surface area contributed by atoms with E-state index in [-0.39, 0.29) is 6.04 Å². The fourth-order valence-electron chi connectivity index (χ4n) is 2.00. The van der Waals surface area contributed by atoms with Crippen LogP contribution in [0.2, 0.25) is 0 Å². The van der Waals surface area contributed by atoms with Crippen LogP contribution in [-0.2, 0) is 4.74 Å². The van der Waals surface area contributed by atoms with E-state index in [1.807, 2.05) is 4.68 Å². The minimum atomic E-state index is 0.202. The first-order chi connectivity index (χ1) is 9.29. The van der Waals surface area contributed by atoms with Gasteiger partial charge in [0, 0.05) is 19.8 Å². The van der Waals surface area contributed by atoms with Gasteiger partial charge in [0.15, 0.2) is 17.0 Å². The predicted molar refractivity (Wildman–Crippen MR) is 71.0 cm³/mol. The van der Waals surface area contributed by atoms with Crippen molar-refractivity contribution in [2.24, 2.45) is 0 Å². The lowest BCUT2D eigenvalue weighted by Gasteiger charge is -2.11. The van der Waals surface area contributed by atoms with Gasteiger partial charge in [-0.1, -0.05) is 5.21 Å². The third-order valence-electron chi connectivity index (χ3n) is 3.34. The maximum absolute atomic E-state index is 5.10. The van der Waals surface area contributed by atoms with Crippen LogP contribution in [0.5, 0.6) is 0 Å². The van der Waals surface area contributed by atoms with Crippen molar-refractivity contribution in [3.63, 3.8) is 0 Å². The lowest BCUT2D eigenvalue weighted by atomic mass is 10.2. The average molecular weight is 262 g/mol. The molecule has 0 aromatic carbocycles. The van der Waals surface area contributed by atoms with E-state index >= 15 is 0 Å². The molecule has 102 valence electrons. The highest BCUT2D eigenvalue weighted by Crippen LogP contribution is 2.27. The average Bonchev–Trinajstić information content (AvgIpc) is 3.12. The Morgan fingerprint density at radius 2 is 2.32 bits per heavy atom. The van der Waals surface area contributed by atoms with Crippen molar-refractivity contribution in [2.75, 3.05) is 19.0 Å². The zero-order valence-corrected chi connectivity index (χ0v) is 11.2. The number of fused-ring (bicyclic) bond motifs is 1. The van der Waals surface area contributed by atoms with Crippen molar-refractivity contribution in [1.29, 1.82) is 0 Å². The number of hydrogen-bond donors (Lipinski definition) is 1. The van der Waals surface area contributed by atoms with Crippen molar-refractivity contribution in [1.82, 2.24) is 25.0 Å². The van der Waals surface area contributed by atoms with Crippen LogP contribution in [0.25, 0.3) is 11.2 Å². The zero-order valence-electron chi connectivity index (χ0n) is 11.2. The van der Waals surface area contributed by atoms with Crippen molar-refractivity contribution in [3.8, 4) is 0 Å². The molecule has 1 aliphatic rings. The molecule has 1 unspecified atom stereocenters. The van der Waals surface area contributed by atoms with Gasteiger partial charge in [-0.15, -0.1) is 5.10 Å². The highest BCUT2D eigenvalue weighted by Gasteiger charge is 2.24. The van der Waals surface area contributed by atoms with Crippen LogP contribution < -0.4 is 5.32 Å². The first-order valence-corrected chi connectivity index (χ1v) is 6.61. The van der Waals surface area contributed by atoms with Crippen LogP contribution in [0.3, 0.4) is 0 Å². The molecule has 7 heteroatoms. The molecule has 1 saturated carbocycles. The molecule has 2 aromatic heterocycles. The second-order valence-corrected chi connectivity index (χ2v) is 4.98. The first kappa shape index (κ1) is 12.3. The van der Waals surface area contributed by atoms with E-state index in [2.05, 4.69) is 32.5 Å². The van der Waals surface area contributed by atoms with E-state index in [1.54, 1.807) is 13.4 Å². The molecule has 2 aromatic rings. The summed E-state index contributed by atoms with van der Waals surface area (Å²) >= 11 is 0. The van der Waals surface area contributed by atoms with Crippen molar-refractivity contribution in [2.45, 2.75) is 38.3 Å². The summed E-state index contributed by atoms with van der Waals surface area (Å²) in [6, 6.07) is 0.739. The summed E-state index contributed by atoms with van der Waals surface area (Å²) in [4.78, 5) is 8.56. The fourth-order valence-corrected chi connectivity index (χ4v) is 2.00. The second-order valence-electron chi connectivity index (χ2n) is 4.98. The number of ether oxygens (including phenoxy) is 1. The zero-order chi connectivity index (χ0) is 13.2. The monoisotopic (exact) mass is 262 g/mol. The molecule has 1 fully saturated rings. The van der Waals surface area contributed by atoms with Gasteiger partial charge in [0.1, 0.15) is 6.33 Å². The van der Waals surface area contributed by atoms with Crippen molar-refractivity contribution >= 4 is 17.0 Å². The number of anilines is 1. The Morgan fingerprint density at radius 3 is 3.05 bits per heavy atom. The van der Waals surface area contributed by atoms with E-state index in [0.29, 0.717) is 12.6 Å². The molecule has 1 N–H and O–H groups in total. The van der Waals surface area contributed by atoms with E-state index in [9.17, 15) is 0 Å². The number of hydrogen-bond acceptors (Lipinski definition) is 6.